The van der Waals surface area contributed by atoms with Gasteiger partial charge in [0.15, 0.2) is 5.29 Å². The van der Waals surface area contributed by atoms with Crippen molar-refractivity contribution in [2.24, 2.45) is 4.99 Å². The van der Waals surface area contributed by atoms with Gasteiger partial charge < -0.3 is 4.90 Å². The Labute approximate surface area is 67.9 Å². The second-order valence-corrected chi connectivity index (χ2v) is 2.61. The molecular formula is C7H15ClN2. The Kier molecular flexibility index (Phi) is 5.40. The maximum absolute atomic E-state index is 5.73. The van der Waals surface area contributed by atoms with Crippen LogP contribution < -0.4 is 0 Å². The van der Waals surface area contributed by atoms with Gasteiger partial charge in [-0.2, -0.15) is 0 Å². The molecule has 0 N–H and O–H groups in total. The average Bonchev–Trinajstić information content (AvgIpc) is 1.98. The lowest BCUT2D eigenvalue weighted by Crippen LogP contribution is -2.23. The molecule has 0 spiro atoms. The van der Waals surface area contributed by atoms with Gasteiger partial charge in [0.05, 0.1) is 0 Å². The molecule has 0 heterocycles. The molecule has 0 aromatic carbocycles. The van der Waals surface area contributed by atoms with Crippen LogP contribution >= 0.6 is 11.6 Å². The van der Waals surface area contributed by atoms with Crippen molar-refractivity contribution in [1.82, 2.24) is 4.90 Å². The van der Waals surface area contributed by atoms with Gasteiger partial charge in [0.2, 0.25) is 0 Å². The second-order valence-electron chi connectivity index (χ2n) is 2.27. The zero-order valence-corrected chi connectivity index (χ0v) is 7.65. The number of hydrogen-bond acceptors (Lipinski definition) is 1. The number of halogens is 1. The van der Waals surface area contributed by atoms with E-state index in [0.29, 0.717) is 5.29 Å². The molecule has 0 radical (unpaired) electrons. The van der Waals surface area contributed by atoms with Crippen LogP contribution in [0.4, 0.5) is 0 Å². The summed E-state index contributed by atoms with van der Waals surface area (Å²) < 4.78 is 0. The average molecular weight is 163 g/mol. The van der Waals surface area contributed by atoms with Crippen LogP contribution in [0.5, 0.6) is 0 Å². The normalized spacial score (nSPS) is 11.8. The van der Waals surface area contributed by atoms with Crippen LogP contribution in [0, 0.1) is 0 Å². The first-order chi connectivity index (χ1) is 4.72. The Morgan fingerprint density at radius 2 is 2.20 bits per heavy atom. The van der Waals surface area contributed by atoms with Crippen molar-refractivity contribution in [2.45, 2.75) is 19.8 Å². The Hall–Kier alpha value is -0.240. The summed E-state index contributed by atoms with van der Waals surface area (Å²) in [6.45, 7) is 3.15. The standard InChI is InChI=1S/C7H15ClN2/c1-4-5-6-10(3)7(8)9-2/h4-6H2,1-3H3. The van der Waals surface area contributed by atoms with E-state index >= 15 is 0 Å². The van der Waals surface area contributed by atoms with Crippen LogP contribution in [0.15, 0.2) is 4.99 Å². The fourth-order valence-electron chi connectivity index (χ4n) is 0.658. The lowest BCUT2D eigenvalue weighted by atomic mass is 10.3. The van der Waals surface area contributed by atoms with Crippen LogP contribution in [0.3, 0.4) is 0 Å². The molecular weight excluding hydrogens is 148 g/mol. The molecule has 0 saturated carbocycles. The summed E-state index contributed by atoms with van der Waals surface area (Å²) in [6, 6.07) is 0. The van der Waals surface area contributed by atoms with Crippen LogP contribution in [0.1, 0.15) is 19.8 Å². The van der Waals surface area contributed by atoms with Crippen molar-refractivity contribution in [1.29, 1.82) is 0 Å². The minimum absolute atomic E-state index is 0.591. The molecule has 2 nitrogen and oxygen atoms in total. The second kappa shape index (κ2) is 5.54. The van der Waals surface area contributed by atoms with Gasteiger partial charge in [-0.1, -0.05) is 13.3 Å². The first-order valence-electron chi connectivity index (χ1n) is 3.55. The number of amidine groups is 1. The van der Waals surface area contributed by atoms with E-state index in [1.165, 1.54) is 12.8 Å². The summed E-state index contributed by atoms with van der Waals surface area (Å²) in [5.41, 5.74) is 0. The third kappa shape index (κ3) is 3.72. The smallest absolute Gasteiger partial charge is 0.193 e. The van der Waals surface area contributed by atoms with Crippen LogP contribution in [-0.4, -0.2) is 30.8 Å². The van der Waals surface area contributed by atoms with Crippen molar-refractivity contribution in [2.75, 3.05) is 20.6 Å². The fraction of sp³-hybridized carbons (Fsp3) is 0.857. The molecule has 0 aliphatic heterocycles. The van der Waals surface area contributed by atoms with Crippen LogP contribution in [0.25, 0.3) is 0 Å². The molecule has 0 aliphatic rings. The van der Waals surface area contributed by atoms with Crippen molar-refractivity contribution in [3.05, 3.63) is 0 Å². The zero-order valence-electron chi connectivity index (χ0n) is 6.89. The van der Waals surface area contributed by atoms with Gasteiger partial charge in [0.1, 0.15) is 0 Å². The van der Waals surface area contributed by atoms with E-state index in [1.807, 2.05) is 11.9 Å². The molecule has 0 unspecified atom stereocenters. The van der Waals surface area contributed by atoms with Gasteiger partial charge in [-0.05, 0) is 18.0 Å². The highest BCUT2D eigenvalue weighted by molar-refractivity contribution is 6.64. The summed E-state index contributed by atoms with van der Waals surface area (Å²) >= 11 is 5.73. The largest absolute Gasteiger partial charge is 0.350 e. The summed E-state index contributed by atoms with van der Waals surface area (Å²) in [4.78, 5) is 5.80. The Balaban J connectivity index is 3.51. The molecule has 0 fully saturated rings. The van der Waals surface area contributed by atoms with E-state index in [9.17, 15) is 0 Å². The summed E-state index contributed by atoms with van der Waals surface area (Å²) in [7, 11) is 3.65. The number of hydrogen-bond donors (Lipinski definition) is 0. The SMILES string of the molecule is CCCCN(C)C(Cl)=NC. The first kappa shape index (κ1) is 9.76. The maximum atomic E-state index is 5.73. The summed E-state index contributed by atoms with van der Waals surface area (Å²) in [5.74, 6) is 0. The van der Waals surface area contributed by atoms with Gasteiger partial charge in [-0.15, -0.1) is 0 Å². The fourth-order valence-corrected chi connectivity index (χ4v) is 0.743. The predicted molar refractivity (Wildman–Crippen MR) is 46.8 cm³/mol. The third-order valence-corrected chi connectivity index (χ3v) is 1.80. The molecule has 0 rings (SSSR count). The summed E-state index contributed by atoms with van der Waals surface area (Å²) in [5, 5.41) is 0.591. The molecule has 0 saturated heterocycles. The Bertz CT molecular complexity index is 112. The van der Waals surface area contributed by atoms with Crippen LogP contribution in [0.2, 0.25) is 0 Å². The molecule has 0 atom stereocenters. The zero-order chi connectivity index (χ0) is 7.98. The van der Waals surface area contributed by atoms with E-state index in [4.69, 9.17) is 11.6 Å². The van der Waals surface area contributed by atoms with Gasteiger partial charge in [-0.3, -0.25) is 4.99 Å². The van der Waals surface area contributed by atoms with Crippen molar-refractivity contribution in [3.63, 3.8) is 0 Å². The maximum Gasteiger partial charge on any atom is 0.193 e. The van der Waals surface area contributed by atoms with E-state index in [1.54, 1.807) is 7.05 Å². The van der Waals surface area contributed by atoms with E-state index in [0.717, 1.165) is 6.54 Å². The Morgan fingerprint density at radius 1 is 1.60 bits per heavy atom. The monoisotopic (exact) mass is 162 g/mol. The molecule has 0 aromatic rings. The topological polar surface area (TPSA) is 15.6 Å². The lowest BCUT2D eigenvalue weighted by Gasteiger charge is -2.14. The minimum atomic E-state index is 0.591. The van der Waals surface area contributed by atoms with Crippen molar-refractivity contribution < 1.29 is 0 Å². The Morgan fingerprint density at radius 3 is 2.60 bits per heavy atom. The lowest BCUT2D eigenvalue weighted by molar-refractivity contribution is 0.491. The highest BCUT2D eigenvalue weighted by Crippen LogP contribution is 1.96. The van der Waals surface area contributed by atoms with Gasteiger partial charge in [0.25, 0.3) is 0 Å². The molecule has 3 heteroatoms. The van der Waals surface area contributed by atoms with Crippen molar-refractivity contribution in [3.8, 4) is 0 Å². The highest BCUT2D eigenvalue weighted by atomic mass is 35.5. The number of unbranched alkanes of at least 4 members (excludes halogenated alkanes) is 1. The third-order valence-electron chi connectivity index (χ3n) is 1.35. The number of aliphatic imine (C=N–C) groups is 1. The van der Waals surface area contributed by atoms with Gasteiger partial charge in [-0.25, -0.2) is 0 Å². The molecule has 10 heavy (non-hydrogen) atoms. The van der Waals surface area contributed by atoms with Gasteiger partial charge >= 0.3 is 0 Å². The van der Waals surface area contributed by atoms with Gasteiger partial charge in [0, 0.05) is 20.6 Å². The van der Waals surface area contributed by atoms with E-state index in [-0.39, 0.29) is 0 Å². The molecule has 0 amide bonds. The number of rotatable bonds is 3. The van der Waals surface area contributed by atoms with Crippen LogP contribution in [-0.2, 0) is 0 Å². The minimum Gasteiger partial charge on any atom is -0.350 e. The highest BCUT2D eigenvalue weighted by Gasteiger charge is 1.98. The molecule has 60 valence electrons. The molecule has 0 aliphatic carbocycles. The first-order valence-corrected chi connectivity index (χ1v) is 3.93. The van der Waals surface area contributed by atoms with E-state index < -0.39 is 0 Å². The van der Waals surface area contributed by atoms with E-state index in [2.05, 4.69) is 11.9 Å². The predicted octanol–water partition coefficient (Wildman–Crippen LogP) is 1.94. The molecule has 0 bridgehead atoms. The quantitative estimate of drug-likeness (QED) is 0.352. The number of nitrogens with zero attached hydrogens (tertiary/aromatic N) is 2. The van der Waals surface area contributed by atoms with Crippen molar-refractivity contribution >= 4 is 16.9 Å². The summed E-state index contributed by atoms with van der Waals surface area (Å²) in [6.07, 6.45) is 2.36. The molecule has 0 aromatic heterocycles.